The molecule has 1 aliphatic heterocycles. The molecule has 3 heterocycles. The summed E-state index contributed by atoms with van der Waals surface area (Å²) in [7, 11) is 0. The molecule has 4 aromatic rings. The van der Waals surface area contributed by atoms with Crippen molar-refractivity contribution >= 4 is 16.9 Å². The van der Waals surface area contributed by atoms with Crippen LogP contribution < -0.4 is 14.8 Å². The quantitative estimate of drug-likeness (QED) is 0.558. The summed E-state index contributed by atoms with van der Waals surface area (Å²) in [6.45, 7) is 1.32. The molecule has 8 heteroatoms. The van der Waals surface area contributed by atoms with Crippen molar-refractivity contribution in [2.24, 2.45) is 0 Å². The predicted octanol–water partition coefficient (Wildman–Crippen LogP) is 3.11. The van der Waals surface area contributed by atoms with Crippen LogP contribution in [0.2, 0.25) is 0 Å². The Bertz CT molecular complexity index is 1180. The number of hydrogen-bond donors (Lipinski definition) is 1. The standard InChI is InChI=1S/C21H17N3O5/c25-21(11-16-15-3-1-2-4-17(15)28-24-16)22-12-14-10-19(29-23-14)13-5-6-18-20(9-13)27-8-7-26-18/h1-6,9-10H,7-8,11-12H2,(H,22,25). The smallest absolute Gasteiger partial charge is 0.226 e. The zero-order valence-corrected chi connectivity index (χ0v) is 15.4. The van der Waals surface area contributed by atoms with Crippen LogP contribution in [0.5, 0.6) is 11.5 Å². The second kappa shape index (κ2) is 7.31. The third-order valence-corrected chi connectivity index (χ3v) is 4.63. The summed E-state index contributed by atoms with van der Waals surface area (Å²) in [5.41, 5.74) is 2.72. The van der Waals surface area contributed by atoms with E-state index in [-0.39, 0.29) is 18.9 Å². The molecule has 8 nitrogen and oxygen atoms in total. The van der Waals surface area contributed by atoms with Gasteiger partial charge in [0.1, 0.15) is 24.6 Å². The molecule has 1 amide bonds. The molecule has 0 aliphatic carbocycles. The van der Waals surface area contributed by atoms with E-state index < -0.39 is 0 Å². The summed E-state index contributed by atoms with van der Waals surface area (Å²) in [6, 6.07) is 14.8. The number of carbonyl (C=O) groups is 1. The molecule has 0 bridgehead atoms. The fourth-order valence-electron chi connectivity index (χ4n) is 3.20. The van der Waals surface area contributed by atoms with Crippen LogP contribution in [0.1, 0.15) is 11.4 Å². The van der Waals surface area contributed by atoms with Crippen molar-refractivity contribution in [2.75, 3.05) is 13.2 Å². The maximum Gasteiger partial charge on any atom is 0.226 e. The van der Waals surface area contributed by atoms with Crippen LogP contribution in [0.25, 0.3) is 22.3 Å². The van der Waals surface area contributed by atoms with Crippen LogP contribution in [0.3, 0.4) is 0 Å². The number of hydrogen-bond acceptors (Lipinski definition) is 7. The molecule has 0 unspecified atom stereocenters. The van der Waals surface area contributed by atoms with Gasteiger partial charge in [-0.25, -0.2) is 0 Å². The number of ether oxygens (including phenoxy) is 2. The summed E-state index contributed by atoms with van der Waals surface area (Å²) in [6.07, 6.45) is 0.129. The van der Waals surface area contributed by atoms with Crippen molar-refractivity contribution in [2.45, 2.75) is 13.0 Å². The van der Waals surface area contributed by atoms with Crippen molar-refractivity contribution in [1.82, 2.24) is 15.6 Å². The lowest BCUT2D eigenvalue weighted by molar-refractivity contribution is -0.120. The molecule has 1 aliphatic rings. The SMILES string of the molecule is O=C(Cc1noc2ccccc12)NCc1cc(-c2ccc3c(c2)OCCO3)on1. The van der Waals surface area contributed by atoms with Gasteiger partial charge in [-0.15, -0.1) is 0 Å². The Morgan fingerprint density at radius 3 is 2.76 bits per heavy atom. The largest absolute Gasteiger partial charge is 0.486 e. The second-order valence-corrected chi connectivity index (χ2v) is 6.62. The second-order valence-electron chi connectivity index (χ2n) is 6.62. The van der Waals surface area contributed by atoms with E-state index in [9.17, 15) is 4.79 Å². The molecule has 0 atom stereocenters. The number of nitrogens with one attached hydrogen (secondary N) is 1. The third-order valence-electron chi connectivity index (χ3n) is 4.63. The summed E-state index contributed by atoms with van der Waals surface area (Å²) in [5, 5.41) is 11.7. The maximum absolute atomic E-state index is 12.3. The summed E-state index contributed by atoms with van der Waals surface area (Å²) >= 11 is 0. The van der Waals surface area contributed by atoms with Gasteiger partial charge < -0.3 is 23.8 Å². The lowest BCUT2D eigenvalue weighted by Gasteiger charge is -2.18. The van der Waals surface area contributed by atoms with Gasteiger partial charge in [-0.1, -0.05) is 22.4 Å². The van der Waals surface area contributed by atoms with E-state index in [0.29, 0.717) is 47.4 Å². The number of aromatic nitrogens is 2. The monoisotopic (exact) mass is 391 g/mol. The van der Waals surface area contributed by atoms with Gasteiger partial charge in [0.05, 0.1) is 13.0 Å². The van der Waals surface area contributed by atoms with Crippen LogP contribution in [-0.2, 0) is 17.8 Å². The molecule has 0 saturated heterocycles. The Morgan fingerprint density at radius 1 is 0.966 bits per heavy atom. The number of nitrogens with zero attached hydrogens (tertiary/aromatic N) is 2. The van der Waals surface area contributed by atoms with Gasteiger partial charge in [0.25, 0.3) is 0 Å². The average molecular weight is 391 g/mol. The first kappa shape index (κ1) is 17.3. The molecule has 1 N–H and O–H groups in total. The number of fused-ring (bicyclic) bond motifs is 2. The van der Waals surface area contributed by atoms with Gasteiger partial charge in [0.15, 0.2) is 22.8 Å². The molecule has 2 aromatic carbocycles. The Labute approximate surface area is 165 Å². The highest BCUT2D eigenvalue weighted by atomic mass is 16.6. The van der Waals surface area contributed by atoms with E-state index in [1.807, 2.05) is 42.5 Å². The van der Waals surface area contributed by atoms with E-state index in [1.165, 1.54) is 0 Å². The minimum absolute atomic E-state index is 0.129. The number of rotatable bonds is 5. The lowest BCUT2D eigenvalue weighted by atomic mass is 10.1. The Morgan fingerprint density at radius 2 is 1.83 bits per heavy atom. The van der Waals surface area contributed by atoms with E-state index in [2.05, 4.69) is 15.6 Å². The van der Waals surface area contributed by atoms with Crippen LogP contribution in [0.15, 0.2) is 57.6 Å². The van der Waals surface area contributed by atoms with E-state index in [4.69, 9.17) is 18.5 Å². The molecule has 2 aromatic heterocycles. The third kappa shape index (κ3) is 3.52. The lowest BCUT2D eigenvalue weighted by Crippen LogP contribution is -2.24. The van der Waals surface area contributed by atoms with E-state index >= 15 is 0 Å². The molecular weight excluding hydrogens is 374 g/mol. The van der Waals surface area contributed by atoms with Crippen molar-refractivity contribution in [3.05, 3.63) is 59.9 Å². The maximum atomic E-state index is 12.3. The van der Waals surface area contributed by atoms with E-state index in [1.54, 1.807) is 6.07 Å². The number of amides is 1. The molecule has 0 fully saturated rings. The van der Waals surface area contributed by atoms with Crippen LogP contribution in [0, 0.1) is 0 Å². The van der Waals surface area contributed by atoms with Gasteiger partial charge >= 0.3 is 0 Å². The first-order valence-corrected chi connectivity index (χ1v) is 9.22. The summed E-state index contributed by atoms with van der Waals surface area (Å²) in [4.78, 5) is 12.3. The first-order chi connectivity index (χ1) is 14.3. The fraction of sp³-hybridized carbons (Fsp3) is 0.190. The molecule has 0 radical (unpaired) electrons. The first-order valence-electron chi connectivity index (χ1n) is 9.22. The average Bonchev–Trinajstić information content (AvgIpc) is 3.40. The van der Waals surface area contributed by atoms with Gasteiger partial charge in [-0.05, 0) is 30.3 Å². The highest BCUT2D eigenvalue weighted by Crippen LogP contribution is 2.34. The van der Waals surface area contributed by atoms with Crippen molar-refractivity contribution in [3.8, 4) is 22.8 Å². The zero-order valence-electron chi connectivity index (χ0n) is 15.4. The highest BCUT2D eigenvalue weighted by Gasteiger charge is 2.16. The molecule has 0 spiro atoms. The number of carbonyl (C=O) groups excluding carboxylic acids is 1. The fourth-order valence-corrected chi connectivity index (χ4v) is 3.20. The number of benzene rings is 2. The van der Waals surface area contributed by atoms with Crippen LogP contribution in [0.4, 0.5) is 0 Å². The Hall–Kier alpha value is -3.81. The molecular formula is C21H17N3O5. The Kier molecular flexibility index (Phi) is 4.36. The van der Waals surface area contributed by atoms with Crippen molar-refractivity contribution in [1.29, 1.82) is 0 Å². The van der Waals surface area contributed by atoms with Crippen LogP contribution >= 0.6 is 0 Å². The molecule has 5 rings (SSSR count). The minimum Gasteiger partial charge on any atom is -0.486 e. The summed E-state index contributed by atoms with van der Waals surface area (Å²) < 4.78 is 21.8. The molecule has 0 saturated carbocycles. The van der Waals surface area contributed by atoms with Gasteiger partial charge in [-0.2, -0.15) is 0 Å². The van der Waals surface area contributed by atoms with Crippen LogP contribution in [-0.4, -0.2) is 29.4 Å². The summed E-state index contributed by atoms with van der Waals surface area (Å²) in [5.74, 6) is 1.81. The number of para-hydroxylation sites is 1. The Balaban J connectivity index is 1.23. The van der Waals surface area contributed by atoms with Gasteiger partial charge in [-0.3, -0.25) is 4.79 Å². The topological polar surface area (TPSA) is 99.6 Å². The molecule has 29 heavy (non-hydrogen) atoms. The van der Waals surface area contributed by atoms with E-state index in [0.717, 1.165) is 10.9 Å². The van der Waals surface area contributed by atoms with Crippen molar-refractivity contribution < 1.29 is 23.3 Å². The normalized spacial score (nSPS) is 12.8. The van der Waals surface area contributed by atoms with Gasteiger partial charge in [0, 0.05) is 17.0 Å². The van der Waals surface area contributed by atoms with Gasteiger partial charge in [0.2, 0.25) is 5.91 Å². The zero-order chi connectivity index (χ0) is 19.6. The molecule has 146 valence electrons. The van der Waals surface area contributed by atoms with Crippen molar-refractivity contribution in [3.63, 3.8) is 0 Å². The minimum atomic E-state index is -0.173. The predicted molar refractivity (Wildman–Crippen MR) is 102 cm³/mol. The highest BCUT2D eigenvalue weighted by molar-refractivity contribution is 5.86.